The number of nitrogens with one attached hydrogen (secondary N) is 1. The van der Waals surface area contributed by atoms with Crippen LogP contribution < -0.4 is 19.7 Å². The zero-order valence-corrected chi connectivity index (χ0v) is 19.8. The molecule has 3 aromatic rings. The summed E-state index contributed by atoms with van der Waals surface area (Å²) in [6, 6.07) is 20.1. The van der Waals surface area contributed by atoms with Crippen molar-refractivity contribution in [2.24, 2.45) is 0 Å². The minimum atomic E-state index is -0.404. The Labute approximate surface area is 199 Å². The van der Waals surface area contributed by atoms with Gasteiger partial charge in [-0.2, -0.15) is 0 Å². The molecule has 3 aromatic carbocycles. The summed E-state index contributed by atoms with van der Waals surface area (Å²) in [6.07, 6.45) is 0.891. The lowest BCUT2D eigenvalue weighted by Crippen LogP contribution is -2.32. The lowest BCUT2D eigenvalue weighted by atomic mass is 10.0. The van der Waals surface area contributed by atoms with Crippen molar-refractivity contribution in [3.63, 3.8) is 0 Å². The number of nitrogens with zero attached hydrogens (tertiary/aromatic N) is 1. The number of rotatable bonds is 8. The molecule has 0 saturated heterocycles. The molecule has 0 saturated carbocycles. The maximum Gasteiger partial charge on any atom is 0.282 e. The molecule has 1 heterocycles. The summed E-state index contributed by atoms with van der Waals surface area (Å²) in [5, 5.41) is 3.20. The van der Waals surface area contributed by atoms with Crippen molar-refractivity contribution in [1.29, 1.82) is 0 Å². The van der Waals surface area contributed by atoms with Crippen LogP contribution in [0.1, 0.15) is 30.0 Å². The third kappa shape index (κ3) is 4.53. The summed E-state index contributed by atoms with van der Waals surface area (Å²) >= 11 is 0. The van der Waals surface area contributed by atoms with E-state index in [0.29, 0.717) is 40.6 Å². The number of benzene rings is 3. The van der Waals surface area contributed by atoms with Crippen molar-refractivity contribution in [2.45, 2.75) is 27.2 Å². The number of carbonyl (C=O) groups excluding carboxylic acids is 2. The molecule has 1 aliphatic heterocycles. The highest BCUT2D eigenvalue weighted by Crippen LogP contribution is 2.35. The molecule has 0 aliphatic carbocycles. The van der Waals surface area contributed by atoms with Crippen LogP contribution in [0.15, 0.2) is 72.4 Å². The molecule has 1 N–H and O–H groups in total. The quantitative estimate of drug-likeness (QED) is 0.454. The monoisotopic (exact) mass is 456 g/mol. The first-order valence-corrected chi connectivity index (χ1v) is 11.3. The van der Waals surface area contributed by atoms with Gasteiger partial charge in [-0.05, 0) is 73.4 Å². The van der Waals surface area contributed by atoms with Crippen molar-refractivity contribution in [2.75, 3.05) is 23.9 Å². The predicted octanol–water partition coefficient (Wildman–Crippen LogP) is 5.50. The predicted molar refractivity (Wildman–Crippen MR) is 134 cm³/mol. The molecule has 0 fully saturated rings. The number of carbonyl (C=O) groups is 2. The number of imide groups is 1. The van der Waals surface area contributed by atoms with Crippen LogP contribution in [0.5, 0.6) is 11.5 Å². The van der Waals surface area contributed by atoms with Crippen LogP contribution in [0.3, 0.4) is 0 Å². The molecule has 0 radical (unpaired) electrons. The second-order valence-electron chi connectivity index (χ2n) is 8.19. The van der Waals surface area contributed by atoms with E-state index in [0.717, 1.165) is 17.5 Å². The highest BCUT2D eigenvalue weighted by atomic mass is 16.5. The van der Waals surface area contributed by atoms with Gasteiger partial charge in [-0.15, -0.1) is 0 Å². The first kappa shape index (κ1) is 23.1. The van der Waals surface area contributed by atoms with Gasteiger partial charge in [-0.3, -0.25) is 9.59 Å². The van der Waals surface area contributed by atoms with Crippen LogP contribution in [-0.4, -0.2) is 25.5 Å². The maximum atomic E-state index is 13.6. The Hall–Kier alpha value is -4.06. The van der Waals surface area contributed by atoms with Gasteiger partial charge in [0.25, 0.3) is 11.8 Å². The zero-order chi connectivity index (χ0) is 24.2. The highest BCUT2D eigenvalue weighted by molar-refractivity contribution is 6.46. The second-order valence-corrected chi connectivity index (χ2v) is 8.19. The number of ether oxygens (including phenoxy) is 2. The maximum absolute atomic E-state index is 13.6. The molecule has 1 aliphatic rings. The molecule has 0 spiro atoms. The van der Waals surface area contributed by atoms with Crippen LogP contribution in [0.4, 0.5) is 11.4 Å². The summed E-state index contributed by atoms with van der Waals surface area (Å²) in [4.78, 5) is 28.5. The van der Waals surface area contributed by atoms with Gasteiger partial charge < -0.3 is 14.8 Å². The number of methoxy groups -OCH3 is 1. The van der Waals surface area contributed by atoms with Gasteiger partial charge >= 0.3 is 0 Å². The van der Waals surface area contributed by atoms with E-state index in [1.165, 1.54) is 4.90 Å². The summed E-state index contributed by atoms with van der Waals surface area (Å²) in [7, 11) is 1.58. The summed E-state index contributed by atoms with van der Waals surface area (Å²) in [5.41, 5.74) is 4.47. The number of anilines is 2. The average molecular weight is 457 g/mol. The van der Waals surface area contributed by atoms with Crippen LogP contribution >= 0.6 is 0 Å². The van der Waals surface area contributed by atoms with Gasteiger partial charge in [-0.1, -0.05) is 31.2 Å². The van der Waals surface area contributed by atoms with Gasteiger partial charge in [0, 0.05) is 11.8 Å². The first-order valence-electron chi connectivity index (χ1n) is 11.3. The standard InChI is InChI=1S/C28H28N2O4/c1-5-15-34-24-8-6-7-21(17-24)29-26-25(20-10-13-23(33-4)14-11-20)27(31)30(28(26)32)22-12-9-18(2)19(3)16-22/h6-14,16-17,29H,5,15H2,1-4H3. The topological polar surface area (TPSA) is 67.9 Å². The van der Waals surface area contributed by atoms with Gasteiger partial charge in [0.15, 0.2) is 0 Å². The van der Waals surface area contributed by atoms with Crippen LogP contribution in [-0.2, 0) is 9.59 Å². The third-order valence-electron chi connectivity index (χ3n) is 5.79. The molecule has 4 rings (SSSR count). The average Bonchev–Trinajstić information content (AvgIpc) is 3.09. The first-order chi connectivity index (χ1) is 16.4. The Morgan fingerprint density at radius 2 is 1.62 bits per heavy atom. The highest BCUT2D eigenvalue weighted by Gasteiger charge is 2.40. The molecule has 34 heavy (non-hydrogen) atoms. The number of hydrogen-bond acceptors (Lipinski definition) is 5. The van der Waals surface area contributed by atoms with Crippen molar-refractivity contribution in [1.82, 2.24) is 0 Å². The van der Waals surface area contributed by atoms with E-state index in [1.807, 2.05) is 57.2 Å². The normalized spacial score (nSPS) is 13.5. The minimum Gasteiger partial charge on any atom is -0.497 e. The molecule has 0 aromatic heterocycles. The van der Waals surface area contributed by atoms with E-state index < -0.39 is 5.91 Å². The van der Waals surface area contributed by atoms with Gasteiger partial charge in [0.05, 0.1) is 25.0 Å². The Balaban J connectivity index is 1.77. The Bertz CT molecular complexity index is 1260. The van der Waals surface area contributed by atoms with E-state index in [4.69, 9.17) is 9.47 Å². The Morgan fingerprint density at radius 3 is 2.29 bits per heavy atom. The molecular formula is C28H28N2O4. The fraction of sp³-hybridized carbons (Fsp3) is 0.214. The summed E-state index contributed by atoms with van der Waals surface area (Å²) < 4.78 is 11.0. The Morgan fingerprint density at radius 1 is 0.853 bits per heavy atom. The molecule has 0 atom stereocenters. The van der Waals surface area contributed by atoms with E-state index in [-0.39, 0.29) is 11.6 Å². The molecule has 2 amide bonds. The number of amides is 2. The van der Waals surface area contributed by atoms with Gasteiger partial charge in [0.2, 0.25) is 0 Å². The van der Waals surface area contributed by atoms with Crippen molar-refractivity contribution >= 4 is 28.8 Å². The van der Waals surface area contributed by atoms with Gasteiger partial charge in [-0.25, -0.2) is 4.90 Å². The van der Waals surface area contributed by atoms with Crippen LogP contribution in [0, 0.1) is 13.8 Å². The second kappa shape index (κ2) is 9.83. The fourth-order valence-corrected chi connectivity index (χ4v) is 3.80. The number of aryl methyl sites for hydroxylation is 2. The Kier molecular flexibility index (Phi) is 6.68. The fourth-order valence-electron chi connectivity index (χ4n) is 3.80. The van der Waals surface area contributed by atoms with E-state index in [9.17, 15) is 9.59 Å². The third-order valence-corrected chi connectivity index (χ3v) is 5.79. The molecular weight excluding hydrogens is 428 g/mol. The van der Waals surface area contributed by atoms with Gasteiger partial charge in [0.1, 0.15) is 17.2 Å². The largest absolute Gasteiger partial charge is 0.497 e. The summed E-state index contributed by atoms with van der Waals surface area (Å²) in [6.45, 7) is 6.59. The van der Waals surface area contributed by atoms with Crippen molar-refractivity contribution in [3.8, 4) is 11.5 Å². The molecule has 6 heteroatoms. The van der Waals surface area contributed by atoms with Crippen LogP contribution in [0.2, 0.25) is 0 Å². The minimum absolute atomic E-state index is 0.223. The van der Waals surface area contributed by atoms with Crippen LogP contribution in [0.25, 0.3) is 5.57 Å². The van der Waals surface area contributed by atoms with E-state index in [1.54, 1.807) is 37.4 Å². The van der Waals surface area contributed by atoms with Crippen molar-refractivity contribution < 1.29 is 19.1 Å². The lowest BCUT2D eigenvalue weighted by molar-refractivity contribution is -0.120. The molecule has 0 bridgehead atoms. The van der Waals surface area contributed by atoms with E-state index in [2.05, 4.69) is 5.32 Å². The SMILES string of the molecule is CCCOc1cccc(NC2=C(c3ccc(OC)cc3)C(=O)N(c3ccc(C)c(C)c3)C2=O)c1. The lowest BCUT2D eigenvalue weighted by Gasteiger charge is -2.17. The molecule has 0 unspecified atom stereocenters. The zero-order valence-electron chi connectivity index (χ0n) is 19.8. The number of hydrogen-bond donors (Lipinski definition) is 1. The van der Waals surface area contributed by atoms with E-state index >= 15 is 0 Å². The molecule has 174 valence electrons. The smallest absolute Gasteiger partial charge is 0.282 e. The summed E-state index contributed by atoms with van der Waals surface area (Å²) in [5.74, 6) is 0.585. The van der Waals surface area contributed by atoms with Crippen molar-refractivity contribution in [3.05, 3.63) is 89.1 Å². The molecule has 6 nitrogen and oxygen atoms in total.